The molecule has 0 aliphatic carbocycles. The zero-order valence-electron chi connectivity index (χ0n) is 10.6. The molecule has 1 aromatic heterocycles. The van der Waals surface area contributed by atoms with Gasteiger partial charge in [0, 0.05) is 14.7 Å². The van der Waals surface area contributed by atoms with E-state index in [9.17, 15) is 8.78 Å². The van der Waals surface area contributed by atoms with E-state index in [2.05, 4.69) is 5.16 Å². The highest BCUT2D eigenvalue weighted by atomic mass is 127. The molecule has 2 aromatic carbocycles. The fraction of sp³-hybridized carbons (Fsp3) is 0. The average molecular weight is 398 g/mol. The lowest BCUT2D eigenvalue weighted by atomic mass is 10.0. The van der Waals surface area contributed by atoms with E-state index in [1.165, 1.54) is 18.2 Å². The van der Waals surface area contributed by atoms with E-state index in [0.29, 0.717) is 26.0 Å². The van der Waals surface area contributed by atoms with Crippen LogP contribution in [-0.4, -0.2) is 5.16 Å². The minimum atomic E-state index is -0.425. The van der Waals surface area contributed by atoms with Crippen LogP contribution >= 0.6 is 22.6 Å². The predicted molar refractivity (Wildman–Crippen MR) is 84.4 cm³/mol. The summed E-state index contributed by atoms with van der Waals surface area (Å²) in [6.45, 7) is 0. The van der Waals surface area contributed by atoms with Crippen molar-refractivity contribution in [3.8, 4) is 22.4 Å². The van der Waals surface area contributed by atoms with Crippen LogP contribution < -0.4 is 5.73 Å². The summed E-state index contributed by atoms with van der Waals surface area (Å²) in [6.07, 6.45) is 0. The summed E-state index contributed by atoms with van der Waals surface area (Å²) in [5.74, 6) is -0.756. The largest absolute Gasteiger partial charge is 0.367 e. The van der Waals surface area contributed by atoms with Crippen LogP contribution in [-0.2, 0) is 0 Å². The van der Waals surface area contributed by atoms with Gasteiger partial charge >= 0.3 is 0 Å². The van der Waals surface area contributed by atoms with Gasteiger partial charge in [-0.3, -0.25) is 0 Å². The lowest BCUT2D eigenvalue weighted by Gasteiger charge is -2.06. The highest BCUT2D eigenvalue weighted by molar-refractivity contribution is 14.1. The van der Waals surface area contributed by atoms with Crippen molar-refractivity contribution in [2.75, 3.05) is 5.73 Å². The monoisotopic (exact) mass is 398 g/mol. The van der Waals surface area contributed by atoms with Crippen molar-refractivity contribution in [2.24, 2.45) is 0 Å². The molecule has 3 rings (SSSR count). The van der Waals surface area contributed by atoms with E-state index in [0.717, 1.165) is 0 Å². The molecular weight excluding hydrogens is 389 g/mol. The number of benzene rings is 2. The minimum absolute atomic E-state index is 0.0234. The van der Waals surface area contributed by atoms with Gasteiger partial charge in [0.15, 0.2) is 0 Å². The molecule has 3 nitrogen and oxygen atoms in total. The number of hydrogen-bond donors (Lipinski definition) is 1. The topological polar surface area (TPSA) is 52.0 Å². The Kier molecular flexibility index (Phi) is 3.62. The Morgan fingerprint density at radius 2 is 1.81 bits per heavy atom. The smallest absolute Gasteiger partial charge is 0.230 e. The number of rotatable bonds is 2. The molecule has 0 saturated heterocycles. The van der Waals surface area contributed by atoms with Gasteiger partial charge in [-0.1, -0.05) is 23.4 Å². The average Bonchev–Trinajstić information content (AvgIpc) is 2.81. The third-order valence-corrected chi connectivity index (χ3v) is 3.94. The number of nitrogens with two attached hydrogens (primary N) is 1. The Balaban J connectivity index is 2.25. The summed E-state index contributed by atoms with van der Waals surface area (Å²) in [4.78, 5) is 0. The Morgan fingerprint density at radius 3 is 2.52 bits per heavy atom. The number of anilines is 1. The highest BCUT2D eigenvalue weighted by Gasteiger charge is 2.21. The van der Waals surface area contributed by atoms with Gasteiger partial charge < -0.3 is 10.3 Å². The van der Waals surface area contributed by atoms with Crippen molar-refractivity contribution >= 4 is 28.5 Å². The van der Waals surface area contributed by atoms with Crippen LogP contribution in [0, 0.1) is 15.2 Å². The molecule has 0 atom stereocenters. The van der Waals surface area contributed by atoms with Crippen molar-refractivity contribution in [3.05, 3.63) is 57.7 Å². The van der Waals surface area contributed by atoms with Gasteiger partial charge in [0.1, 0.15) is 17.3 Å². The third kappa shape index (κ3) is 2.51. The van der Waals surface area contributed by atoms with Crippen molar-refractivity contribution < 1.29 is 13.3 Å². The first-order valence-electron chi connectivity index (χ1n) is 6.03. The van der Waals surface area contributed by atoms with Gasteiger partial charge in [-0.25, -0.2) is 8.78 Å². The Hall–Kier alpha value is -1.96. The van der Waals surface area contributed by atoms with Gasteiger partial charge in [0.2, 0.25) is 5.88 Å². The third-order valence-electron chi connectivity index (χ3n) is 3.05. The second-order valence-electron chi connectivity index (χ2n) is 4.37. The van der Waals surface area contributed by atoms with Crippen LogP contribution in [0.3, 0.4) is 0 Å². The Labute approximate surface area is 132 Å². The van der Waals surface area contributed by atoms with Crippen molar-refractivity contribution in [1.82, 2.24) is 5.16 Å². The summed E-state index contributed by atoms with van der Waals surface area (Å²) < 4.78 is 32.9. The normalized spacial score (nSPS) is 10.8. The number of nitrogens with zero attached hydrogens (tertiary/aromatic N) is 1. The van der Waals surface area contributed by atoms with Crippen LogP contribution in [0.2, 0.25) is 0 Å². The van der Waals surface area contributed by atoms with Crippen LogP contribution in [0.15, 0.2) is 47.0 Å². The fourth-order valence-electron chi connectivity index (χ4n) is 2.09. The molecule has 0 aliphatic heterocycles. The Morgan fingerprint density at radius 1 is 1.05 bits per heavy atom. The molecule has 0 bridgehead atoms. The zero-order chi connectivity index (χ0) is 15.0. The lowest BCUT2D eigenvalue weighted by Crippen LogP contribution is -1.92. The summed E-state index contributed by atoms with van der Waals surface area (Å²) >= 11 is 1.99. The van der Waals surface area contributed by atoms with Crippen LogP contribution in [0.5, 0.6) is 0 Å². The van der Waals surface area contributed by atoms with Crippen molar-refractivity contribution in [2.45, 2.75) is 0 Å². The quantitative estimate of drug-likeness (QED) is 0.648. The minimum Gasteiger partial charge on any atom is -0.367 e. The molecule has 0 aliphatic rings. The molecule has 0 amide bonds. The number of nitrogen functional groups attached to an aromatic ring is 1. The molecule has 21 heavy (non-hydrogen) atoms. The van der Waals surface area contributed by atoms with Crippen LogP contribution in [0.4, 0.5) is 14.7 Å². The molecule has 0 fully saturated rings. The van der Waals surface area contributed by atoms with E-state index >= 15 is 0 Å². The van der Waals surface area contributed by atoms with Gasteiger partial charge in [-0.05, 0) is 46.9 Å². The number of halogens is 3. The van der Waals surface area contributed by atoms with Crippen molar-refractivity contribution in [1.29, 1.82) is 0 Å². The number of aromatic nitrogens is 1. The molecule has 0 saturated carbocycles. The van der Waals surface area contributed by atoms with E-state index in [-0.39, 0.29) is 11.7 Å². The first-order valence-corrected chi connectivity index (χ1v) is 7.11. The highest BCUT2D eigenvalue weighted by Crippen LogP contribution is 2.38. The molecule has 0 spiro atoms. The summed E-state index contributed by atoms with van der Waals surface area (Å²) in [5, 5.41) is 3.90. The maximum Gasteiger partial charge on any atom is 0.230 e. The zero-order valence-corrected chi connectivity index (χ0v) is 12.8. The SMILES string of the molecule is Nc1onc(-c2ccc(F)cc2I)c1-c1ccccc1F. The predicted octanol–water partition coefficient (Wildman–Crippen LogP) is 4.47. The fourth-order valence-corrected chi connectivity index (χ4v) is 2.83. The second-order valence-corrected chi connectivity index (χ2v) is 5.54. The first-order chi connectivity index (χ1) is 10.1. The molecule has 106 valence electrons. The molecular formula is C15H9F2IN2O. The van der Waals surface area contributed by atoms with Crippen LogP contribution in [0.25, 0.3) is 22.4 Å². The first kappa shape index (κ1) is 14.0. The molecule has 3 aromatic rings. The lowest BCUT2D eigenvalue weighted by molar-refractivity contribution is 0.439. The van der Waals surface area contributed by atoms with Gasteiger partial charge in [-0.15, -0.1) is 0 Å². The van der Waals surface area contributed by atoms with E-state index in [4.69, 9.17) is 10.3 Å². The van der Waals surface area contributed by atoms with Crippen molar-refractivity contribution in [3.63, 3.8) is 0 Å². The standard InChI is InChI=1S/C15H9F2IN2O/c16-8-5-6-10(12(18)7-8)14-13(15(19)21-20-14)9-3-1-2-4-11(9)17/h1-7H,19H2. The molecule has 1 heterocycles. The van der Waals surface area contributed by atoms with Gasteiger partial charge in [-0.2, -0.15) is 0 Å². The maximum atomic E-state index is 14.0. The van der Waals surface area contributed by atoms with Crippen LogP contribution in [0.1, 0.15) is 0 Å². The molecule has 2 N–H and O–H groups in total. The van der Waals surface area contributed by atoms with E-state index < -0.39 is 5.82 Å². The molecule has 0 unspecified atom stereocenters. The van der Waals surface area contributed by atoms with Gasteiger partial charge in [0.25, 0.3) is 0 Å². The maximum absolute atomic E-state index is 14.0. The van der Waals surface area contributed by atoms with E-state index in [1.807, 2.05) is 22.6 Å². The molecule has 0 radical (unpaired) electrons. The summed E-state index contributed by atoms with van der Waals surface area (Å²) in [6, 6.07) is 10.5. The summed E-state index contributed by atoms with van der Waals surface area (Å²) in [7, 11) is 0. The summed E-state index contributed by atoms with van der Waals surface area (Å²) in [5.41, 5.74) is 7.48. The molecule has 6 heteroatoms. The number of hydrogen-bond acceptors (Lipinski definition) is 3. The Bertz CT molecular complexity index is 817. The second kappa shape index (κ2) is 5.44. The van der Waals surface area contributed by atoms with Gasteiger partial charge in [0.05, 0.1) is 5.56 Å². The van der Waals surface area contributed by atoms with E-state index in [1.54, 1.807) is 24.3 Å².